The zero-order chi connectivity index (χ0) is 17.6. The number of urea groups is 1. The quantitative estimate of drug-likeness (QED) is 0.812. The summed E-state index contributed by atoms with van der Waals surface area (Å²) in [5, 5.41) is 5.98. The monoisotopic (exact) mass is 341 g/mol. The number of rotatable bonds is 7. The van der Waals surface area contributed by atoms with Gasteiger partial charge in [0.1, 0.15) is 5.75 Å². The number of benzene rings is 1. The molecule has 1 aromatic carbocycles. The zero-order valence-electron chi connectivity index (χ0n) is 14.5. The summed E-state index contributed by atoms with van der Waals surface area (Å²) in [6.07, 6.45) is 3.97. The molecule has 25 heavy (non-hydrogen) atoms. The fourth-order valence-corrected chi connectivity index (χ4v) is 2.73. The van der Waals surface area contributed by atoms with Gasteiger partial charge in [0.15, 0.2) is 0 Å². The van der Waals surface area contributed by atoms with Crippen LogP contribution < -0.4 is 20.1 Å². The highest BCUT2D eigenvalue weighted by Crippen LogP contribution is 2.41. The van der Waals surface area contributed by atoms with E-state index in [1.165, 1.54) is 0 Å². The van der Waals surface area contributed by atoms with Gasteiger partial charge >= 0.3 is 6.03 Å². The van der Waals surface area contributed by atoms with Gasteiger partial charge in [-0.1, -0.05) is 18.2 Å². The van der Waals surface area contributed by atoms with E-state index < -0.39 is 0 Å². The first-order chi connectivity index (χ1) is 12.2. The lowest BCUT2D eigenvalue weighted by Crippen LogP contribution is -2.38. The lowest BCUT2D eigenvalue weighted by Gasteiger charge is -2.19. The Hall–Kier alpha value is -2.76. The Balaban J connectivity index is 1.56. The molecular formula is C19H23N3O3. The van der Waals surface area contributed by atoms with E-state index in [2.05, 4.69) is 15.6 Å². The molecule has 2 N–H and O–H groups in total. The topological polar surface area (TPSA) is 72.5 Å². The molecule has 1 unspecified atom stereocenters. The minimum Gasteiger partial charge on any atom is -0.497 e. The molecule has 1 aliphatic rings. The van der Waals surface area contributed by atoms with Gasteiger partial charge in [-0.2, -0.15) is 0 Å². The number of pyridine rings is 1. The van der Waals surface area contributed by atoms with Crippen LogP contribution in [0.1, 0.15) is 30.0 Å². The predicted molar refractivity (Wildman–Crippen MR) is 94.6 cm³/mol. The molecule has 0 aliphatic heterocycles. The minimum absolute atomic E-state index is 0.0277. The minimum atomic E-state index is -0.177. The molecule has 1 heterocycles. The van der Waals surface area contributed by atoms with Crippen molar-refractivity contribution >= 4 is 6.03 Å². The number of hydrogen-bond acceptors (Lipinski definition) is 4. The molecule has 1 saturated carbocycles. The average molecular weight is 341 g/mol. The molecule has 2 amide bonds. The molecule has 0 bridgehead atoms. The van der Waals surface area contributed by atoms with Gasteiger partial charge < -0.3 is 20.1 Å². The molecule has 6 nitrogen and oxygen atoms in total. The van der Waals surface area contributed by atoms with Gasteiger partial charge in [0, 0.05) is 18.8 Å². The Morgan fingerprint density at radius 1 is 1.16 bits per heavy atom. The third-order valence-corrected chi connectivity index (χ3v) is 4.31. The predicted octanol–water partition coefficient (Wildman–Crippen LogP) is 3.05. The van der Waals surface area contributed by atoms with Gasteiger partial charge in [-0.3, -0.25) is 0 Å². The number of carbonyl (C=O) groups excluding carboxylic acids is 1. The SMILES string of the molecule is COc1ccc(C(NC(=O)NCc2ccc(OC)nc2)C2CC2)cc1. The molecule has 0 radical (unpaired) electrons. The molecule has 3 rings (SSSR count). The van der Waals surface area contributed by atoms with Crippen molar-refractivity contribution in [3.63, 3.8) is 0 Å². The van der Waals surface area contributed by atoms with Crippen LogP contribution in [-0.4, -0.2) is 25.2 Å². The number of methoxy groups -OCH3 is 2. The molecule has 6 heteroatoms. The van der Waals surface area contributed by atoms with E-state index in [-0.39, 0.29) is 12.1 Å². The van der Waals surface area contributed by atoms with Gasteiger partial charge in [-0.15, -0.1) is 0 Å². The Kier molecular flexibility index (Phi) is 5.38. The summed E-state index contributed by atoms with van der Waals surface area (Å²) in [5.41, 5.74) is 2.02. The van der Waals surface area contributed by atoms with Crippen LogP contribution >= 0.6 is 0 Å². The summed E-state index contributed by atoms with van der Waals surface area (Å²) in [5.74, 6) is 1.87. The fourth-order valence-electron chi connectivity index (χ4n) is 2.73. The summed E-state index contributed by atoms with van der Waals surface area (Å²) in [6, 6.07) is 11.4. The lowest BCUT2D eigenvalue weighted by molar-refractivity contribution is 0.235. The Morgan fingerprint density at radius 3 is 2.48 bits per heavy atom. The number of carbonyl (C=O) groups is 1. The highest BCUT2D eigenvalue weighted by atomic mass is 16.5. The number of aromatic nitrogens is 1. The highest BCUT2D eigenvalue weighted by Gasteiger charge is 2.33. The average Bonchev–Trinajstić information content (AvgIpc) is 3.50. The van der Waals surface area contributed by atoms with Crippen molar-refractivity contribution in [2.75, 3.05) is 14.2 Å². The smallest absolute Gasteiger partial charge is 0.315 e. The number of nitrogens with zero attached hydrogens (tertiary/aromatic N) is 1. The molecule has 0 spiro atoms. The summed E-state index contributed by atoms with van der Waals surface area (Å²) < 4.78 is 10.2. The highest BCUT2D eigenvalue weighted by molar-refractivity contribution is 5.74. The lowest BCUT2D eigenvalue weighted by atomic mass is 10.0. The largest absolute Gasteiger partial charge is 0.497 e. The number of nitrogens with one attached hydrogen (secondary N) is 2. The van der Waals surface area contributed by atoms with E-state index in [9.17, 15) is 4.79 Å². The fraction of sp³-hybridized carbons (Fsp3) is 0.368. The van der Waals surface area contributed by atoms with Gasteiger partial charge in [0.25, 0.3) is 0 Å². The molecule has 2 aromatic rings. The van der Waals surface area contributed by atoms with Crippen molar-refractivity contribution in [1.29, 1.82) is 0 Å². The summed E-state index contributed by atoms with van der Waals surface area (Å²) in [4.78, 5) is 16.4. The maximum atomic E-state index is 12.3. The Morgan fingerprint density at radius 2 is 1.92 bits per heavy atom. The second-order valence-electron chi connectivity index (χ2n) is 6.12. The van der Waals surface area contributed by atoms with Crippen LogP contribution in [0.15, 0.2) is 42.6 Å². The second-order valence-corrected chi connectivity index (χ2v) is 6.12. The Labute approximate surface area is 147 Å². The first-order valence-corrected chi connectivity index (χ1v) is 8.37. The molecule has 132 valence electrons. The van der Waals surface area contributed by atoms with E-state index in [1.54, 1.807) is 26.5 Å². The second kappa shape index (κ2) is 7.88. The van der Waals surface area contributed by atoms with Gasteiger partial charge in [-0.25, -0.2) is 9.78 Å². The van der Waals surface area contributed by atoms with Crippen molar-refractivity contribution < 1.29 is 14.3 Å². The first kappa shape index (κ1) is 17.1. The van der Waals surface area contributed by atoms with Crippen LogP contribution in [0.25, 0.3) is 0 Å². The summed E-state index contributed by atoms with van der Waals surface area (Å²) in [6.45, 7) is 0.419. The summed E-state index contributed by atoms with van der Waals surface area (Å²) in [7, 11) is 3.22. The van der Waals surface area contributed by atoms with E-state index in [0.29, 0.717) is 18.3 Å². The number of ether oxygens (including phenoxy) is 2. The van der Waals surface area contributed by atoms with Crippen molar-refractivity contribution in [2.45, 2.75) is 25.4 Å². The van der Waals surface area contributed by atoms with Crippen molar-refractivity contribution in [1.82, 2.24) is 15.6 Å². The summed E-state index contributed by atoms with van der Waals surface area (Å²) >= 11 is 0. The third-order valence-electron chi connectivity index (χ3n) is 4.31. The van der Waals surface area contributed by atoms with E-state index in [0.717, 1.165) is 29.7 Å². The van der Waals surface area contributed by atoms with Crippen molar-refractivity contribution in [3.8, 4) is 11.6 Å². The molecule has 1 aliphatic carbocycles. The van der Waals surface area contributed by atoms with E-state index in [4.69, 9.17) is 9.47 Å². The standard InChI is InChI=1S/C19H23N3O3/c1-24-16-8-6-15(7-9-16)18(14-4-5-14)22-19(23)21-12-13-3-10-17(25-2)20-11-13/h3,6-11,14,18H,4-5,12H2,1-2H3,(H2,21,22,23). The molecular weight excluding hydrogens is 318 g/mol. The van der Waals surface area contributed by atoms with Gasteiger partial charge in [0.05, 0.1) is 20.3 Å². The number of hydrogen-bond donors (Lipinski definition) is 2. The van der Waals surface area contributed by atoms with E-state index >= 15 is 0 Å². The maximum absolute atomic E-state index is 12.3. The first-order valence-electron chi connectivity index (χ1n) is 8.37. The molecule has 1 aromatic heterocycles. The Bertz CT molecular complexity index is 697. The normalized spacial score (nSPS) is 14.5. The van der Waals surface area contributed by atoms with Crippen LogP contribution in [0.2, 0.25) is 0 Å². The van der Waals surface area contributed by atoms with Crippen LogP contribution in [-0.2, 0) is 6.54 Å². The van der Waals surface area contributed by atoms with Crippen LogP contribution in [0.4, 0.5) is 4.79 Å². The molecule has 1 atom stereocenters. The van der Waals surface area contributed by atoms with Gasteiger partial charge in [-0.05, 0) is 42.0 Å². The van der Waals surface area contributed by atoms with E-state index in [1.807, 2.05) is 30.3 Å². The third kappa shape index (κ3) is 4.62. The van der Waals surface area contributed by atoms with Crippen LogP contribution in [0, 0.1) is 5.92 Å². The zero-order valence-corrected chi connectivity index (χ0v) is 14.5. The van der Waals surface area contributed by atoms with Crippen molar-refractivity contribution in [3.05, 3.63) is 53.7 Å². The van der Waals surface area contributed by atoms with Crippen LogP contribution in [0.3, 0.4) is 0 Å². The van der Waals surface area contributed by atoms with Gasteiger partial charge in [0.2, 0.25) is 5.88 Å². The maximum Gasteiger partial charge on any atom is 0.315 e. The molecule has 0 saturated heterocycles. The van der Waals surface area contributed by atoms with Crippen LogP contribution in [0.5, 0.6) is 11.6 Å². The number of amides is 2. The molecule has 1 fully saturated rings. The van der Waals surface area contributed by atoms with Crippen molar-refractivity contribution in [2.24, 2.45) is 5.92 Å².